The Hall–Kier alpha value is -4.46. The van der Waals surface area contributed by atoms with Crippen molar-refractivity contribution in [3.63, 3.8) is 0 Å². The minimum atomic E-state index is -3.60. The molecule has 4 aromatic rings. The van der Waals surface area contributed by atoms with E-state index in [0.717, 1.165) is 34.4 Å². The fourth-order valence-electron chi connectivity index (χ4n) is 5.46. The molecule has 0 aliphatic carbocycles. The van der Waals surface area contributed by atoms with Gasteiger partial charge in [-0.25, -0.2) is 13.4 Å². The molecule has 2 aromatic carbocycles. The first-order chi connectivity index (χ1) is 22.5. The van der Waals surface area contributed by atoms with Gasteiger partial charge in [0.15, 0.2) is 0 Å². The molecule has 0 bridgehead atoms. The molecule has 1 saturated heterocycles. The van der Waals surface area contributed by atoms with Gasteiger partial charge in [0.25, 0.3) is 5.91 Å². The maximum atomic E-state index is 13.3. The van der Waals surface area contributed by atoms with E-state index in [2.05, 4.69) is 25.5 Å². The number of aromatic nitrogens is 2. The van der Waals surface area contributed by atoms with E-state index in [4.69, 9.17) is 16.3 Å². The third-order valence-corrected chi connectivity index (χ3v) is 9.43. The first-order valence-corrected chi connectivity index (χ1v) is 17.4. The number of piperazine rings is 1. The van der Waals surface area contributed by atoms with E-state index in [1.807, 2.05) is 43.3 Å². The Morgan fingerprint density at radius 3 is 2.49 bits per heavy atom. The minimum Gasteiger partial charge on any atom is -0.495 e. The fourth-order valence-corrected chi connectivity index (χ4v) is 6.48. The Morgan fingerprint density at radius 1 is 1.00 bits per heavy atom. The second-order valence-electron chi connectivity index (χ2n) is 11.2. The van der Waals surface area contributed by atoms with Crippen molar-refractivity contribution in [2.24, 2.45) is 0 Å². The lowest BCUT2D eigenvalue weighted by Crippen LogP contribution is -2.49. The summed E-state index contributed by atoms with van der Waals surface area (Å²) in [5.74, 6) is 0.704. The number of pyridine rings is 2. The monoisotopic (exact) mass is 679 g/mol. The summed E-state index contributed by atoms with van der Waals surface area (Å²) in [6, 6.07) is 17.9. The maximum absolute atomic E-state index is 13.3. The van der Waals surface area contributed by atoms with E-state index in [1.165, 1.54) is 11.4 Å². The quantitative estimate of drug-likeness (QED) is 0.225. The Kier molecular flexibility index (Phi) is 10.8. The van der Waals surface area contributed by atoms with E-state index >= 15 is 0 Å². The van der Waals surface area contributed by atoms with Crippen molar-refractivity contribution in [2.75, 3.05) is 74.7 Å². The van der Waals surface area contributed by atoms with Crippen molar-refractivity contribution in [3.8, 4) is 5.75 Å². The molecular weight excluding hydrogens is 642 g/mol. The average molecular weight is 680 g/mol. The number of sulfonamides is 1. The van der Waals surface area contributed by atoms with Crippen LogP contribution >= 0.6 is 11.6 Å². The molecule has 1 aliphatic rings. The van der Waals surface area contributed by atoms with Gasteiger partial charge >= 0.3 is 0 Å². The summed E-state index contributed by atoms with van der Waals surface area (Å²) in [7, 11) is -2.13. The molecule has 47 heavy (non-hydrogen) atoms. The van der Waals surface area contributed by atoms with Gasteiger partial charge in [-0.3, -0.25) is 14.6 Å². The highest BCUT2D eigenvalue weighted by atomic mass is 35.5. The third kappa shape index (κ3) is 8.67. The number of methoxy groups -OCH3 is 1. The van der Waals surface area contributed by atoms with Gasteiger partial charge in [-0.15, -0.1) is 0 Å². The van der Waals surface area contributed by atoms with Gasteiger partial charge in [0, 0.05) is 85.8 Å². The SMILES string of the molecule is COc1cc(C(=O)N2CCN(c3ccccn3)CC2)ccc1NC(=O)CCN(CCNc1cc(C)nc2ccc(Cl)cc12)S(C)(=O)=O. The van der Waals surface area contributed by atoms with Crippen molar-refractivity contribution in [3.05, 3.63) is 83.1 Å². The Morgan fingerprint density at radius 2 is 1.79 bits per heavy atom. The summed E-state index contributed by atoms with van der Waals surface area (Å²) >= 11 is 6.19. The largest absolute Gasteiger partial charge is 0.495 e. The number of nitrogens with zero attached hydrogens (tertiary/aromatic N) is 5. The number of rotatable bonds is 12. The number of hydrogen-bond acceptors (Lipinski definition) is 9. The summed E-state index contributed by atoms with van der Waals surface area (Å²) in [6.45, 7) is 4.76. The number of halogens is 1. The molecule has 12 nitrogen and oxygen atoms in total. The standard InChI is InChI=1S/C33H38ClN7O5S/c1-23-20-29(26-22-25(34)8-10-27(26)37-23)35-13-15-41(47(3,44)45)14-11-32(42)38-28-9-7-24(21-30(28)46-2)33(43)40-18-16-39(17-19-40)31-6-4-5-12-36-31/h4-10,12,20-22H,11,13-19H2,1-3H3,(H,35,37)(H,38,42). The molecule has 0 atom stereocenters. The predicted octanol–water partition coefficient (Wildman–Crippen LogP) is 4.26. The molecule has 5 rings (SSSR count). The Balaban J connectivity index is 1.15. The topological polar surface area (TPSA) is 137 Å². The molecule has 0 radical (unpaired) electrons. The van der Waals surface area contributed by atoms with Crippen molar-refractivity contribution in [2.45, 2.75) is 13.3 Å². The number of carbonyl (C=O) groups excluding carboxylic acids is 2. The third-order valence-electron chi connectivity index (χ3n) is 7.90. The number of anilines is 3. The van der Waals surface area contributed by atoms with E-state index < -0.39 is 10.0 Å². The lowest BCUT2D eigenvalue weighted by Gasteiger charge is -2.35. The van der Waals surface area contributed by atoms with Crippen LogP contribution in [-0.2, 0) is 14.8 Å². The number of benzene rings is 2. The van der Waals surface area contributed by atoms with Crippen LogP contribution in [0, 0.1) is 6.92 Å². The summed E-state index contributed by atoms with van der Waals surface area (Å²) in [5, 5.41) is 7.49. The second kappa shape index (κ2) is 15.0. The molecular formula is C33H38ClN7O5S. The number of hydrogen-bond donors (Lipinski definition) is 2. The van der Waals surface area contributed by atoms with Gasteiger partial charge in [-0.2, -0.15) is 4.31 Å². The molecule has 2 N–H and O–H groups in total. The van der Waals surface area contributed by atoms with Crippen molar-refractivity contribution < 1.29 is 22.7 Å². The highest BCUT2D eigenvalue weighted by Gasteiger charge is 2.24. The first-order valence-electron chi connectivity index (χ1n) is 15.2. The lowest BCUT2D eigenvalue weighted by molar-refractivity contribution is -0.116. The molecule has 3 heterocycles. The molecule has 0 unspecified atom stereocenters. The van der Waals surface area contributed by atoms with Crippen LogP contribution in [0.5, 0.6) is 5.75 Å². The number of ether oxygens (including phenoxy) is 1. The molecule has 248 valence electrons. The van der Waals surface area contributed by atoms with Crippen molar-refractivity contribution in [1.82, 2.24) is 19.2 Å². The van der Waals surface area contributed by atoms with E-state index in [9.17, 15) is 18.0 Å². The van der Waals surface area contributed by atoms with Gasteiger partial charge in [0.05, 0.1) is 24.6 Å². The molecule has 0 spiro atoms. The van der Waals surface area contributed by atoms with E-state index in [-0.39, 0.29) is 31.3 Å². The average Bonchev–Trinajstić information content (AvgIpc) is 3.06. The van der Waals surface area contributed by atoms with Crippen LogP contribution < -0.4 is 20.3 Å². The van der Waals surface area contributed by atoms with Crippen LogP contribution in [0.15, 0.2) is 66.9 Å². The van der Waals surface area contributed by atoms with Crippen molar-refractivity contribution in [1.29, 1.82) is 0 Å². The van der Waals surface area contributed by atoms with Crippen LogP contribution in [-0.4, -0.2) is 98.6 Å². The second-order valence-corrected chi connectivity index (χ2v) is 13.7. The number of amides is 2. The van der Waals surface area contributed by atoms with Gasteiger partial charge in [0.1, 0.15) is 11.6 Å². The zero-order valence-corrected chi connectivity index (χ0v) is 28.1. The van der Waals surface area contributed by atoms with Gasteiger partial charge < -0.3 is 25.2 Å². The van der Waals surface area contributed by atoms with Crippen LogP contribution in [0.1, 0.15) is 22.5 Å². The van der Waals surface area contributed by atoms with Gasteiger partial charge in [0.2, 0.25) is 15.9 Å². The predicted molar refractivity (Wildman–Crippen MR) is 185 cm³/mol. The van der Waals surface area contributed by atoms with Gasteiger partial charge in [-0.05, 0) is 61.5 Å². The Labute approximate surface area is 279 Å². The Bertz CT molecular complexity index is 1850. The van der Waals surface area contributed by atoms with Gasteiger partial charge in [-0.1, -0.05) is 17.7 Å². The highest BCUT2D eigenvalue weighted by molar-refractivity contribution is 7.88. The maximum Gasteiger partial charge on any atom is 0.254 e. The number of fused-ring (bicyclic) bond motifs is 1. The van der Waals surface area contributed by atoms with E-state index in [0.29, 0.717) is 54.7 Å². The molecule has 14 heteroatoms. The molecule has 2 amide bonds. The minimum absolute atomic E-state index is 0.0162. The van der Waals surface area contributed by atoms with Crippen molar-refractivity contribution >= 4 is 61.5 Å². The fraction of sp³-hybridized carbons (Fsp3) is 0.333. The molecule has 1 fully saturated rings. The van der Waals surface area contributed by atoms with E-state index in [1.54, 1.807) is 35.4 Å². The molecule has 1 aliphatic heterocycles. The highest BCUT2D eigenvalue weighted by Crippen LogP contribution is 2.28. The van der Waals surface area contributed by atoms with Crippen LogP contribution in [0.2, 0.25) is 5.02 Å². The summed E-state index contributed by atoms with van der Waals surface area (Å²) in [5.41, 5.74) is 3.22. The normalized spacial score (nSPS) is 13.6. The van der Waals surface area contributed by atoms with Crippen LogP contribution in [0.3, 0.4) is 0 Å². The zero-order chi connectivity index (χ0) is 33.6. The lowest BCUT2D eigenvalue weighted by atomic mass is 10.1. The molecule has 0 saturated carbocycles. The summed E-state index contributed by atoms with van der Waals surface area (Å²) in [6.07, 6.45) is 2.79. The number of carbonyl (C=O) groups is 2. The molecule has 2 aromatic heterocycles. The first kappa shape index (κ1) is 33.9. The number of nitrogens with one attached hydrogen (secondary N) is 2. The van der Waals surface area contributed by atoms with Crippen LogP contribution in [0.4, 0.5) is 17.2 Å². The number of aryl methyl sites for hydroxylation is 1. The smallest absolute Gasteiger partial charge is 0.254 e. The zero-order valence-electron chi connectivity index (χ0n) is 26.6. The summed E-state index contributed by atoms with van der Waals surface area (Å²) < 4.78 is 31.9. The van der Waals surface area contributed by atoms with Crippen LogP contribution in [0.25, 0.3) is 10.9 Å². The summed E-state index contributed by atoms with van der Waals surface area (Å²) in [4.78, 5) is 39.0.